The molecule has 29 heavy (non-hydrogen) atoms. The van der Waals surface area contributed by atoms with Crippen LogP contribution in [0.4, 0.5) is 18.9 Å². The van der Waals surface area contributed by atoms with Gasteiger partial charge >= 0.3 is 5.63 Å². The second-order valence-electron chi connectivity index (χ2n) is 6.40. The second-order valence-corrected chi connectivity index (χ2v) is 6.40. The smallest absolute Gasteiger partial charge is 0.336 e. The predicted octanol–water partition coefficient (Wildman–Crippen LogP) is 3.29. The molecule has 1 heterocycles. The number of benzene rings is 2. The SMILES string of the molecule is COc1ccc2c(CN(C)CC(=O)Nc3ccc(F)c(F)c3F)cc(=O)oc2c1. The highest BCUT2D eigenvalue weighted by Gasteiger charge is 2.17. The van der Waals surface area contributed by atoms with Crippen molar-refractivity contribution in [3.8, 4) is 5.75 Å². The van der Waals surface area contributed by atoms with Crippen LogP contribution in [0, 0.1) is 17.5 Å². The van der Waals surface area contributed by atoms with Gasteiger partial charge in [-0.1, -0.05) is 0 Å². The average molecular weight is 406 g/mol. The summed E-state index contributed by atoms with van der Waals surface area (Å²) in [6.45, 7) is 0.0262. The number of nitrogens with zero attached hydrogens (tertiary/aromatic N) is 1. The van der Waals surface area contributed by atoms with Crippen LogP contribution < -0.4 is 15.7 Å². The highest BCUT2D eigenvalue weighted by Crippen LogP contribution is 2.23. The van der Waals surface area contributed by atoms with E-state index >= 15 is 0 Å². The van der Waals surface area contributed by atoms with E-state index in [1.54, 1.807) is 30.1 Å². The first kappa shape index (κ1) is 20.4. The van der Waals surface area contributed by atoms with Crippen molar-refractivity contribution < 1.29 is 27.1 Å². The zero-order valence-corrected chi connectivity index (χ0v) is 15.6. The Kier molecular flexibility index (Phi) is 5.88. The highest BCUT2D eigenvalue weighted by atomic mass is 19.2. The third kappa shape index (κ3) is 4.57. The summed E-state index contributed by atoms with van der Waals surface area (Å²) < 4.78 is 50.2. The van der Waals surface area contributed by atoms with Crippen molar-refractivity contribution in [3.63, 3.8) is 0 Å². The lowest BCUT2D eigenvalue weighted by molar-refractivity contribution is -0.117. The zero-order valence-electron chi connectivity index (χ0n) is 15.6. The number of carbonyl (C=O) groups excluding carboxylic acids is 1. The number of amides is 1. The molecule has 9 heteroatoms. The molecule has 0 fully saturated rings. The minimum Gasteiger partial charge on any atom is -0.497 e. The van der Waals surface area contributed by atoms with Crippen molar-refractivity contribution in [2.75, 3.05) is 26.0 Å². The zero-order chi connectivity index (χ0) is 21.1. The van der Waals surface area contributed by atoms with Crippen molar-refractivity contribution in [2.24, 2.45) is 0 Å². The molecule has 0 unspecified atom stereocenters. The number of methoxy groups -OCH3 is 1. The Morgan fingerprint density at radius 2 is 1.90 bits per heavy atom. The summed E-state index contributed by atoms with van der Waals surface area (Å²) >= 11 is 0. The first-order valence-electron chi connectivity index (χ1n) is 8.51. The van der Waals surface area contributed by atoms with Crippen LogP contribution in [0.3, 0.4) is 0 Å². The Labute approximate surface area is 163 Å². The molecule has 0 radical (unpaired) electrons. The number of halogens is 3. The van der Waals surface area contributed by atoms with Gasteiger partial charge in [-0.15, -0.1) is 0 Å². The molecule has 0 aliphatic rings. The Hall–Kier alpha value is -3.33. The molecular formula is C20H17F3N2O4. The third-order valence-corrected chi connectivity index (χ3v) is 4.20. The van der Waals surface area contributed by atoms with Crippen molar-refractivity contribution in [2.45, 2.75) is 6.54 Å². The quantitative estimate of drug-likeness (QED) is 0.503. The van der Waals surface area contributed by atoms with Gasteiger partial charge in [0.25, 0.3) is 0 Å². The summed E-state index contributed by atoms with van der Waals surface area (Å²) in [6.07, 6.45) is 0. The van der Waals surface area contributed by atoms with Crippen LogP contribution >= 0.6 is 0 Å². The van der Waals surface area contributed by atoms with E-state index in [1.807, 2.05) is 0 Å². The summed E-state index contributed by atoms with van der Waals surface area (Å²) in [5.41, 5.74) is -0.0515. The molecule has 0 atom stereocenters. The van der Waals surface area contributed by atoms with Crippen molar-refractivity contribution in [3.05, 3.63) is 69.8 Å². The minimum atomic E-state index is -1.66. The van der Waals surface area contributed by atoms with E-state index in [1.165, 1.54) is 13.2 Å². The topological polar surface area (TPSA) is 71.8 Å². The second kappa shape index (κ2) is 8.36. The highest BCUT2D eigenvalue weighted by molar-refractivity contribution is 5.92. The van der Waals surface area contributed by atoms with E-state index in [4.69, 9.17) is 9.15 Å². The fraction of sp³-hybridized carbons (Fsp3) is 0.200. The number of rotatable bonds is 6. The van der Waals surface area contributed by atoms with Gasteiger partial charge in [0, 0.05) is 24.1 Å². The Morgan fingerprint density at radius 1 is 1.14 bits per heavy atom. The van der Waals surface area contributed by atoms with Crippen molar-refractivity contribution >= 4 is 22.6 Å². The van der Waals surface area contributed by atoms with E-state index in [9.17, 15) is 22.8 Å². The van der Waals surface area contributed by atoms with Gasteiger partial charge in [-0.2, -0.15) is 0 Å². The third-order valence-electron chi connectivity index (χ3n) is 4.20. The van der Waals surface area contributed by atoms with Gasteiger partial charge in [-0.05, 0) is 36.9 Å². The average Bonchev–Trinajstić information content (AvgIpc) is 2.67. The maximum absolute atomic E-state index is 13.7. The van der Waals surface area contributed by atoms with Crippen LogP contribution in [-0.2, 0) is 11.3 Å². The Bertz CT molecular complexity index is 1130. The number of hydrogen-bond donors (Lipinski definition) is 1. The number of hydrogen-bond acceptors (Lipinski definition) is 5. The molecular weight excluding hydrogens is 389 g/mol. The number of carbonyl (C=O) groups is 1. The first-order chi connectivity index (χ1) is 13.8. The van der Waals surface area contributed by atoms with Gasteiger partial charge in [-0.25, -0.2) is 18.0 Å². The lowest BCUT2D eigenvalue weighted by atomic mass is 10.1. The molecule has 3 aromatic rings. The van der Waals surface area contributed by atoms with Crippen LogP contribution in [-0.4, -0.2) is 31.5 Å². The molecule has 0 bridgehead atoms. The normalized spacial score (nSPS) is 11.1. The van der Waals surface area contributed by atoms with Gasteiger partial charge in [0.2, 0.25) is 5.91 Å². The van der Waals surface area contributed by atoms with Crippen molar-refractivity contribution in [1.29, 1.82) is 0 Å². The maximum atomic E-state index is 13.7. The van der Waals surface area contributed by atoms with E-state index in [0.29, 0.717) is 22.3 Å². The van der Waals surface area contributed by atoms with Gasteiger partial charge in [0.05, 0.1) is 19.3 Å². The fourth-order valence-corrected chi connectivity index (χ4v) is 2.87. The maximum Gasteiger partial charge on any atom is 0.336 e. The standard InChI is InChI=1S/C20H17F3N2O4/c1-25(10-17(26)24-15-6-5-14(21)19(22)20(15)23)9-11-7-18(27)29-16-8-12(28-2)3-4-13(11)16/h3-8H,9-10H2,1-2H3,(H,24,26). The van der Waals surface area contributed by atoms with E-state index in [0.717, 1.165) is 12.1 Å². The Morgan fingerprint density at radius 3 is 2.62 bits per heavy atom. The van der Waals surface area contributed by atoms with Gasteiger partial charge in [0.1, 0.15) is 11.3 Å². The molecule has 1 amide bonds. The van der Waals surface area contributed by atoms with Gasteiger partial charge in [-0.3, -0.25) is 9.69 Å². The molecule has 6 nitrogen and oxygen atoms in total. The lowest BCUT2D eigenvalue weighted by Gasteiger charge is -2.17. The van der Waals surface area contributed by atoms with E-state index in [2.05, 4.69) is 5.32 Å². The van der Waals surface area contributed by atoms with Crippen molar-refractivity contribution in [1.82, 2.24) is 4.90 Å². The molecule has 2 aromatic carbocycles. The van der Waals surface area contributed by atoms with Crippen LogP contribution in [0.2, 0.25) is 0 Å². The summed E-state index contributed by atoms with van der Waals surface area (Å²) in [7, 11) is 3.11. The number of likely N-dealkylation sites (N-methyl/N-ethyl adjacent to an activating group) is 1. The van der Waals surface area contributed by atoms with Crippen LogP contribution in [0.5, 0.6) is 5.75 Å². The molecule has 0 saturated heterocycles. The molecule has 1 aromatic heterocycles. The first-order valence-corrected chi connectivity index (χ1v) is 8.51. The molecule has 0 aliphatic heterocycles. The molecule has 0 aliphatic carbocycles. The van der Waals surface area contributed by atoms with Crippen LogP contribution in [0.25, 0.3) is 11.0 Å². The largest absolute Gasteiger partial charge is 0.497 e. The molecule has 3 rings (SSSR count). The lowest BCUT2D eigenvalue weighted by Crippen LogP contribution is -2.30. The van der Waals surface area contributed by atoms with E-state index in [-0.39, 0.29) is 13.1 Å². The summed E-state index contributed by atoms with van der Waals surface area (Å²) in [5, 5.41) is 2.87. The molecule has 1 N–H and O–H groups in total. The monoisotopic (exact) mass is 406 g/mol. The van der Waals surface area contributed by atoms with Crippen LogP contribution in [0.15, 0.2) is 45.6 Å². The molecule has 0 spiro atoms. The summed E-state index contributed by atoms with van der Waals surface area (Å²) in [6, 6.07) is 8.01. The number of nitrogens with one attached hydrogen (secondary N) is 1. The number of anilines is 1. The summed E-state index contributed by atoms with van der Waals surface area (Å²) in [5.74, 6) is -4.58. The predicted molar refractivity (Wildman–Crippen MR) is 100 cm³/mol. The minimum absolute atomic E-state index is 0.184. The molecule has 152 valence electrons. The molecule has 0 saturated carbocycles. The fourth-order valence-electron chi connectivity index (χ4n) is 2.87. The van der Waals surface area contributed by atoms with E-state index < -0.39 is 34.7 Å². The van der Waals surface area contributed by atoms with Gasteiger partial charge in [0.15, 0.2) is 17.5 Å². The number of ether oxygens (including phenoxy) is 1. The summed E-state index contributed by atoms with van der Waals surface area (Å²) in [4.78, 5) is 25.6. The van der Waals surface area contributed by atoms with Gasteiger partial charge < -0.3 is 14.5 Å². The Balaban J connectivity index is 1.74. The number of fused-ring (bicyclic) bond motifs is 1. The van der Waals surface area contributed by atoms with Crippen LogP contribution in [0.1, 0.15) is 5.56 Å².